The van der Waals surface area contributed by atoms with Crippen molar-refractivity contribution in [1.82, 2.24) is 9.55 Å². The zero-order valence-corrected chi connectivity index (χ0v) is 14.7. The largest absolute Gasteiger partial charge is 0.479 e. The van der Waals surface area contributed by atoms with Crippen molar-refractivity contribution in [2.45, 2.75) is 12.6 Å². The van der Waals surface area contributed by atoms with Crippen molar-refractivity contribution in [1.29, 1.82) is 0 Å². The number of nitrogens with two attached hydrogens (primary N) is 1. The molecular formula is C10H19N3O10P2. The zero-order chi connectivity index (χ0) is 19.1. The van der Waals surface area contributed by atoms with E-state index in [0.29, 0.717) is 0 Å². The Bertz CT molecular complexity index is 710. The predicted octanol–water partition coefficient (Wildman–Crippen LogP) is -1.53. The maximum Gasteiger partial charge on any atom is 0.479 e. The molecule has 1 heterocycles. The lowest BCUT2D eigenvalue weighted by atomic mass is 10.3. The van der Waals surface area contributed by atoms with Crippen molar-refractivity contribution >= 4 is 21.2 Å². The van der Waals surface area contributed by atoms with Gasteiger partial charge in [0.25, 0.3) is 0 Å². The number of hydrogen-bond donors (Lipinski definition) is 5. The Balaban J connectivity index is 2.64. The Morgan fingerprint density at radius 3 is 2.56 bits per heavy atom. The first kappa shape index (κ1) is 21.9. The van der Waals surface area contributed by atoms with Gasteiger partial charge >= 0.3 is 21.1 Å². The summed E-state index contributed by atoms with van der Waals surface area (Å²) in [7, 11) is -9.60. The SMILES string of the molecule is Nc1ccn(C[C@@H](CO)OCP(=O)(O)OP(=O)(O)OCCO)c(=O)n1. The molecule has 0 aliphatic heterocycles. The summed E-state index contributed by atoms with van der Waals surface area (Å²) in [5, 5.41) is 17.7. The van der Waals surface area contributed by atoms with Gasteiger partial charge in [0.2, 0.25) is 0 Å². The van der Waals surface area contributed by atoms with Crippen molar-refractivity contribution in [3.63, 3.8) is 0 Å². The summed E-state index contributed by atoms with van der Waals surface area (Å²) in [5.74, 6) is -0.00227. The Morgan fingerprint density at radius 2 is 2.00 bits per heavy atom. The highest BCUT2D eigenvalue weighted by molar-refractivity contribution is 7.63. The molecule has 6 N–H and O–H groups in total. The van der Waals surface area contributed by atoms with Gasteiger partial charge in [-0.3, -0.25) is 13.7 Å². The number of phosphoric acid groups is 1. The molecule has 0 bridgehead atoms. The van der Waals surface area contributed by atoms with Gasteiger partial charge in [0.15, 0.2) is 0 Å². The highest BCUT2D eigenvalue weighted by Gasteiger charge is 2.34. The maximum absolute atomic E-state index is 11.7. The fourth-order valence-corrected chi connectivity index (χ4v) is 3.91. The topological polar surface area (TPSA) is 204 Å². The zero-order valence-electron chi connectivity index (χ0n) is 12.9. The fourth-order valence-electron chi connectivity index (χ4n) is 1.53. The van der Waals surface area contributed by atoms with Crippen LogP contribution in [0.1, 0.15) is 0 Å². The highest BCUT2D eigenvalue weighted by atomic mass is 31.3. The smallest absolute Gasteiger partial charge is 0.394 e. The lowest BCUT2D eigenvalue weighted by Crippen LogP contribution is -2.32. The van der Waals surface area contributed by atoms with Crippen LogP contribution in [0.2, 0.25) is 0 Å². The second-order valence-electron chi connectivity index (χ2n) is 4.63. The lowest BCUT2D eigenvalue weighted by molar-refractivity contribution is 0.0184. The minimum absolute atomic E-state index is 0.00227. The molecule has 3 atom stereocenters. The van der Waals surface area contributed by atoms with Gasteiger partial charge in [-0.05, 0) is 6.07 Å². The quantitative estimate of drug-likeness (QED) is 0.267. The number of hydrogen-bond acceptors (Lipinski definition) is 10. The van der Waals surface area contributed by atoms with Crippen molar-refractivity contribution in [2.24, 2.45) is 0 Å². The molecule has 1 aromatic rings. The first-order valence-electron chi connectivity index (χ1n) is 6.75. The van der Waals surface area contributed by atoms with Crippen LogP contribution in [0.5, 0.6) is 0 Å². The molecule has 0 aliphatic carbocycles. The number of aliphatic hydroxyl groups is 2. The molecule has 0 amide bonds. The van der Waals surface area contributed by atoms with Gasteiger partial charge in [0, 0.05) is 6.20 Å². The van der Waals surface area contributed by atoms with E-state index in [1.165, 1.54) is 12.3 Å². The fraction of sp³-hybridized carbons (Fsp3) is 0.600. The molecule has 15 heteroatoms. The predicted molar refractivity (Wildman–Crippen MR) is 83.5 cm³/mol. The van der Waals surface area contributed by atoms with E-state index in [1.807, 2.05) is 0 Å². The van der Waals surface area contributed by atoms with Crippen LogP contribution in [-0.2, 0) is 29.2 Å². The molecule has 13 nitrogen and oxygen atoms in total. The summed E-state index contributed by atoms with van der Waals surface area (Å²) in [5.41, 5.74) is 4.61. The van der Waals surface area contributed by atoms with E-state index in [0.717, 1.165) is 4.57 Å². The van der Waals surface area contributed by atoms with Gasteiger partial charge in [-0.1, -0.05) is 0 Å². The number of ether oxygens (including phenoxy) is 1. The molecule has 0 radical (unpaired) electrons. The Morgan fingerprint density at radius 1 is 1.32 bits per heavy atom. The molecule has 0 fully saturated rings. The number of nitrogens with zero attached hydrogens (tertiary/aromatic N) is 2. The summed E-state index contributed by atoms with van der Waals surface area (Å²) >= 11 is 0. The van der Waals surface area contributed by atoms with E-state index in [9.17, 15) is 28.8 Å². The van der Waals surface area contributed by atoms with Crippen LogP contribution in [0.25, 0.3) is 0 Å². The average molecular weight is 403 g/mol. The van der Waals surface area contributed by atoms with Gasteiger partial charge in [-0.2, -0.15) is 4.98 Å². The number of aromatic nitrogens is 2. The van der Waals surface area contributed by atoms with E-state index < -0.39 is 53.4 Å². The van der Waals surface area contributed by atoms with Gasteiger partial charge in [0.1, 0.15) is 12.2 Å². The van der Waals surface area contributed by atoms with Crippen LogP contribution in [0.15, 0.2) is 17.1 Å². The third-order valence-corrected chi connectivity index (χ3v) is 5.38. The molecule has 25 heavy (non-hydrogen) atoms. The van der Waals surface area contributed by atoms with Crippen LogP contribution in [0, 0.1) is 0 Å². The molecular weight excluding hydrogens is 384 g/mol. The summed E-state index contributed by atoms with van der Waals surface area (Å²) in [4.78, 5) is 33.7. The van der Waals surface area contributed by atoms with Gasteiger partial charge in [0.05, 0.1) is 32.5 Å². The van der Waals surface area contributed by atoms with E-state index >= 15 is 0 Å². The van der Waals surface area contributed by atoms with Crippen molar-refractivity contribution in [3.05, 3.63) is 22.7 Å². The standard InChI is InChI=1S/C10H19N3O10P2/c11-9-1-2-13(10(16)12-9)5-8(6-15)21-7-24(17,18)23-25(19,20)22-4-3-14/h1-2,8,14-15H,3-7H2,(H,17,18)(H,19,20)(H2,11,12,16)/t8-/m0/s1. The lowest BCUT2D eigenvalue weighted by Gasteiger charge is -2.20. The normalized spacial score (nSPS) is 17.6. The Kier molecular flexibility index (Phi) is 8.35. The first-order chi connectivity index (χ1) is 11.6. The van der Waals surface area contributed by atoms with Gasteiger partial charge in [-0.25, -0.2) is 13.7 Å². The Labute approximate surface area is 141 Å². The maximum atomic E-state index is 11.7. The second-order valence-corrected chi connectivity index (χ2v) is 8.01. The molecule has 0 saturated carbocycles. The molecule has 0 spiro atoms. The third-order valence-electron chi connectivity index (χ3n) is 2.55. The number of aliphatic hydroxyl groups excluding tert-OH is 2. The van der Waals surface area contributed by atoms with E-state index in [-0.39, 0.29) is 12.4 Å². The van der Waals surface area contributed by atoms with Crippen LogP contribution in [0.4, 0.5) is 5.82 Å². The van der Waals surface area contributed by atoms with E-state index in [2.05, 4.69) is 13.8 Å². The summed E-state index contributed by atoms with van der Waals surface area (Å²) in [6, 6.07) is 1.33. The van der Waals surface area contributed by atoms with Crippen LogP contribution >= 0.6 is 15.4 Å². The summed E-state index contributed by atoms with van der Waals surface area (Å²) < 4.78 is 37.4. The average Bonchev–Trinajstić information content (AvgIpc) is 2.50. The highest BCUT2D eigenvalue weighted by Crippen LogP contribution is 2.59. The van der Waals surface area contributed by atoms with Crippen LogP contribution < -0.4 is 11.4 Å². The summed E-state index contributed by atoms with van der Waals surface area (Å²) in [6.45, 7) is -2.03. The molecule has 144 valence electrons. The number of rotatable bonds is 11. The minimum Gasteiger partial charge on any atom is -0.394 e. The first-order valence-corrected chi connectivity index (χ1v) is 10.0. The van der Waals surface area contributed by atoms with Gasteiger partial charge < -0.3 is 30.5 Å². The molecule has 0 aliphatic rings. The number of anilines is 1. The van der Waals surface area contributed by atoms with E-state index in [1.54, 1.807) is 0 Å². The monoisotopic (exact) mass is 403 g/mol. The molecule has 0 aromatic carbocycles. The van der Waals surface area contributed by atoms with Crippen LogP contribution in [-0.4, -0.2) is 61.8 Å². The second kappa shape index (κ2) is 9.53. The van der Waals surface area contributed by atoms with Gasteiger partial charge in [-0.15, -0.1) is 0 Å². The van der Waals surface area contributed by atoms with Crippen molar-refractivity contribution in [2.75, 3.05) is 31.9 Å². The van der Waals surface area contributed by atoms with Crippen molar-refractivity contribution < 1.29 is 42.7 Å². The van der Waals surface area contributed by atoms with Crippen LogP contribution in [0.3, 0.4) is 0 Å². The van der Waals surface area contributed by atoms with Crippen molar-refractivity contribution in [3.8, 4) is 0 Å². The molecule has 2 unspecified atom stereocenters. The molecule has 1 rings (SSSR count). The van der Waals surface area contributed by atoms with E-state index in [4.69, 9.17) is 15.6 Å². The third kappa shape index (κ3) is 8.19. The molecule has 1 aromatic heterocycles. The summed E-state index contributed by atoms with van der Waals surface area (Å²) in [6.07, 6.45) is -0.873. The number of nitrogen functional groups attached to an aromatic ring is 1. The number of phosphoric ester groups is 1. The molecule has 0 saturated heterocycles. The minimum atomic E-state index is -4.87. The Hall–Kier alpha value is -1.14.